The smallest absolute Gasteiger partial charge is 0.193 e. The summed E-state index contributed by atoms with van der Waals surface area (Å²) in [5, 5.41) is 3.35. The van der Waals surface area contributed by atoms with Gasteiger partial charge in [0.2, 0.25) is 0 Å². The molecule has 0 spiro atoms. The van der Waals surface area contributed by atoms with Crippen LogP contribution in [0.15, 0.2) is 27.7 Å². The first-order valence-corrected chi connectivity index (χ1v) is 8.83. The van der Waals surface area contributed by atoms with Gasteiger partial charge in [-0.3, -0.25) is 4.99 Å². The van der Waals surface area contributed by atoms with Crippen LogP contribution >= 0.6 is 39.9 Å². The maximum Gasteiger partial charge on any atom is 0.193 e. The first kappa shape index (κ1) is 21.6. The molecule has 1 N–H and O–H groups in total. The Morgan fingerprint density at radius 1 is 1.50 bits per heavy atom. The van der Waals surface area contributed by atoms with Crippen LogP contribution in [0.1, 0.15) is 18.4 Å². The number of guanidine groups is 1. The molecule has 4 nitrogen and oxygen atoms in total. The summed E-state index contributed by atoms with van der Waals surface area (Å²) >= 11 is 3.28. The lowest BCUT2D eigenvalue weighted by Gasteiger charge is -2.24. The number of aryl methyl sites for hydroxylation is 1. The van der Waals surface area contributed by atoms with Gasteiger partial charge in [0.25, 0.3) is 0 Å². The molecule has 2 rings (SSSR count). The average molecular weight is 514 g/mol. The van der Waals surface area contributed by atoms with Gasteiger partial charge in [0.1, 0.15) is 5.82 Å². The topological polar surface area (TPSA) is 36.9 Å². The van der Waals surface area contributed by atoms with Crippen molar-refractivity contribution in [1.82, 2.24) is 10.2 Å². The second-order valence-corrected chi connectivity index (χ2v) is 6.84. The number of nitrogens with one attached hydrogen (secondary N) is 1. The first-order chi connectivity index (χ1) is 11.1. The second kappa shape index (κ2) is 11.3. The standard InChI is InChI=1S/C17H25BrFN3O.HI/c1-20-17(22(2)11-13-7-9-23-12-13)21-8-3-4-14-5-6-15(18)10-16(14)19;/h5-6,10,13H,3-4,7-9,11-12H2,1-2H3,(H,20,21);1H. The number of hydrogen-bond acceptors (Lipinski definition) is 2. The van der Waals surface area contributed by atoms with Crippen molar-refractivity contribution in [2.75, 3.05) is 40.4 Å². The van der Waals surface area contributed by atoms with Crippen LogP contribution in [-0.4, -0.2) is 51.3 Å². The Bertz CT molecular complexity index is 539. The zero-order chi connectivity index (χ0) is 16.7. The summed E-state index contributed by atoms with van der Waals surface area (Å²) in [6.45, 7) is 3.42. The predicted molar refractivity (Wildman–Crippen MR) is 111 cm³/mol. The minimum Gasteiger partial charge on any atom is -0.381 e. The minimum absolute atomic E-state index is 0. The Balaban J connectivity index is 0.00000288. The van der Waals surface area contributed by atoms with Gasteiger partial charge in [-0.1, -0.05) is 22.0 Å². The second-order valence-electron chi connectivity index (χ2n) is 5.92. The van der Waals surface area contributed by atoms with Crippen LogP contribution in [0.25, 0.3) is 0 Å². The van der Waals surface area contributed by atoms with E-state index >= 15 is 0 Å². The number of rotatable bonds is 6. The summed E-state index contributed by atoms with van der Waals surface area (Å²) in [5.41, 5.74) is 0.751. The van der Waals surface area contributed by atoms with E-state index in [2.05, 4.69) is 31.1 Å². The Labute approximate surface area is 169 Å². The lowest BCUT2D eigenvalue weighted by atomic mass is 10.1. The zero-order valence-electron chi connectivity index (χ0n) is 14.2. The van der Waals surface area contributed by atoms with Crippen LogP contribution in [0, 0.1) is 11.7 Å². The summed E-state index contributed by atoms with van der Waals surface area (Å²) in [4.78, 5) is 6.45. The van der Waals surface area contributed by atoms with Crippen LogP contribution in [0.3, 0.4) is 0 Å². The molecule has 0 saturated carbocycles. The number of nitrogens with zero attached hydrogens (tertiary/aromatic N) is 2. The van der Waals surface area contributed by atoms with E-state index in [0.717, 1.165) is 55.1 Å². The van der Waals surface area contributed by atoms with Gasteiger partial charge in [-0.15, -0.1) is 24.0 Å². The van der Waals surface area contributed by atoms with Crippen molar-refractivity contribution in [1.29, 1.82) is 0 Å². The fourth-order valence-electron chi connectivity index (χ4n) is 2.79. The molecule has 1 aliphatic heterocycles. The molecule has 0 aromatic heterocycles. The van der Waals surface area contributed by atoms with Gasteiger partial charge >= 0.3 is 0 Å². The van der Waals surface area contributed by atoms with Crippen molar-refractivity contribution in [2.45, 2.75) is 19.3 Å². The van der Waals surface area contributed by atoms with E-state index in [4.69, 9.17) is 4.74 Å². The van der Waals surface area contributed by atoms with E-state index in [1.807, 2.05) is 19.2 Å². The van der Waals surface area contributed by atoms with Crippen LogP contribution in [-0.2, 0) is 11.2 Å². The lowest BCUT2D eigenvalue weighted by Crippen LogP contribution is -2.41. The van der Waals surface area contributed by atoms with E-state index in [-0.39, 0.29) is 29.8 Å². The van der Waals surface area contributed by atoms with Gasteiger partial charge in [-0.25, -0.2) is 4.39 Å². The Morgan fingerprint density at radius 3 is 2.92 bits per heavy atom. The molecule has 7 heteroatoms. The molecule has 0 bridgehead atoms. The summed E-state index contributed by atoms with van der Waals surface area (Å²) in [6.07, 6.45) is 2.69. The number of halogens is 3. The van der Waals surface area contributed by atoms with Gasteiger partial charge in [0, 0.05) is 44.2 Å². The minimum atomic E-state index is -0.151. The normalized spacial score (nSPS) is 17.5. The van der Waals surface area contributed by atoms with Crippen LogP contribution in [0.4, 0.5) is 4.39 Å². The highest BCUT2D eigenvalue weighted by atomic mass is 127. The molecule has 1 unspecified atom stereocenters. The molecule has 1 aromatic carbocycles. The Kier molecular flexibility index (Phi) is 10.1. The maximum atomic E-state index is 13.8. The lowest BCUT2D eigenvalue weighted by molar-refractivity contribution is 0.181. The summed E-state index contributed by atoms with van der Waals surface area (Å²) in [5.74, 6) is 1.31. The third kappa shape index (κ3) is 6.84. The highest BCUT2D eigenvalue weighted by molar-refractivity contribution is 14.0. The molecule has 1 heterocycles. The monoisotopic (exact) mass is 513 g/mol. The molecule has 1 atom stereocenters. The zero-order valence-corrected chi connectivity index (χ0v) is 18.1. The molecule has 1 saturated heterocycles. The van der Waals surface area contributed by atoms with Crippen molar-refractivity contribution in [3.63, 3.8) is 0 Å². The molecule has 0 radical (unpaired) electrons. The number of hydrogen-bond donors (Lipinski definition) is 1. The maximum absolute atomic E-state index is 13.8. The fraction of sp³-hybridized carbons (Fsp3) is 0.588. The van der Waals surface area contributed by atoms with E-state index < -0.39 is 0 Å². The van der Waals surface area contributed by atoms with Crippen LogP contribution in [0.5, 0.6) is 0 Å². The summed E-state index contributed by atoms with van der Waals surface area (Å²) < 4.78 is 19.9. The van der Waals surface area contributed by atoms with Crippen molar-refractivity contribution in [2.24, 2.45) is 10.9 Å². The largest absolute Gasteiger partial charge is 0.381 e. The quantitative estimate of drug-likeness (QED) is 0.273. The van der Waals surface area contributed by atoms with E-state index in [0.29, 0.717) is 12.3 Å². The van der Waals surface area contributed by atoms with E-state index in [9.17, 15) is 4.39 Å². The van der Waals surface area contributed by atoms with Gasteiger partial charge in [-0.2, -0.15) is 0 Å². The molecule has 0 amide bonds. The highest BCUT2D eigenvalue weighted by Gasteiger charge is 2.18. The Hall–Kier alpha value is -0.410. The summed E-state index contributed by atoms with van der Waals surface area (Å²) in [7, 11) is 3.83. The molecular weight excluding hydrogens is 488 g/mol. The molecule has 1 aliphatic rings. The number of aliphatic imine (C=N–C) groups is 1. The average Bonchev–Trinajstić information content (AvgIpc) is 3.02. The highest BCUT2D eigenvalue weighted by Crippen LogP contribution is 2.16. The molecule has 24 heavy (non-hydrogen) atoms. The molecule has 1 aromatic rings. The van der Waals surface area contributed by atoms with E-state index in [1.165, 1.54) is 6.07 Å². The van der Waals surface area contributed by atoms with Gasteiger partial charge in [-0.05, 0) is 37.0 Å². The summed E-state index contributed by atoms with van der Waals surface area (Å²) in [6, 6.07) is 5.22. The van der Waals surface area contributed by atoms with Crippen LogP contribution in [0.2, 0.25) is 0 Å². The molecular formula is C17H26BrFIN3O. The van der Waals surface area contributed by atoms with Crippen molar-refractivity contribution in [3.8, 4) is 0 Å². The molecule has 1 fully saturated rings. The Morgan fingerprint density at radius 2 is 2.29 bits per heavy atom. The third-order valence-electron chi connectivity index (χ3n) is 4.05. The van der Waals surface area contributed by atoms with Gasteiger partial charge in [0.05, 0.1) is 6.61 Å². The van der Waals surface area contributed by atoms with Gasteiger partial charge < -0.3 is 15.0 Å². The van der Waals surface area contributed by atoms with Crippen molar-refractivity contribution in [3.05, 3.63) is 34.1 Å². The van der Waals surface area contributed by atoms with Crippen molar-refractivity contribution < 1.29 is 9.13 Å². The fourth-order valence-corrected chi connectivity index (χ4v) is 3.12. The molecule has 136 valence electrons. The van der Waals surface area contributed by atoms with Crippen LogP contribution < -0.4 is 5.32 Å². The van der Waals surface area contributed by atoms with E-state index in [1.54, 1.807) is 7.05 Å². The third-order valence-corrected chi connectivity index (χ3v) is 4.54. The SMILES string of the molecule is CN=C(NCCCc1ccc(Br)cc1F)N(C)CC1CCOC1.I. The molecule has 0 aliphatic carbocycles. The predicted octanol–water partition coefficient (Wildman–Crippen LogP) is 3.68. The van der Waals surface area contributed by atoms with Crippen molar-refractivity contribution >= 4 is 45.9 Å². The first-order valence-electron chi connectivity index (χ1n) is 8.03. The number of ether oxygens (including phenoxy) is 1. The number of benzene rings is 1. The van der Waals surface area contributed by atoms with Gasteiger partial charge in [0.15, 0.2) is 5.96 Å².